The van der Waals surface area contributed by atoms with Crippen molar-refractivity contribution in [2.75, 3.05) is 7.11 Å². The summed E-state index contributed by atoms with van der Waals surface area (Å²) >= 11 is 0. The number of amides is 1. The van der Waals surface area contributed by atoms with E-state index < -0.39 is 0 Å². The molecule has 0 unspecified atom stereocenters. The van der Waals surface area contributed by atoms with Gasteiger partial charge in [-0.25, -0.2) is 0 Å². The maximum Gasteiger partial charge on any atom is 0.255 e. The van der Waals surface area contributed by atoms with Crippen LogP contribution in [0.15, 0.2) is 54.6 Å². The second kappa shape index (κ2) is 7.32. The Morgan fingerprint density at radius 2 is 1.61 bits per heavy atom. The molecule has 0 aliphatic heterocycles. The number of carbonyl (C=O) groups excluding carboxylic acids is 1. The van der Waals surface area contributed by atoms with Gasteiger partial charge in [-0.3, -0.25) is 4.79 Å². The Balaban J connectivity index is 1.57. The highest BCUT2D eigenvalue weighted by Crippen LogP contribution is 2.33. The first-order valence-corrected chi connectivity index (χ1v) is 8.26. The molecule has 1 fully saturated rings. The first-order valence-electron chi connectivity index (χ1n) is 8.26. The molecule has 23 heavy (non-hydrogen) atoms. The van der Waals surface area contributed by atoms with Gasteiger partial charge in [0, 0.05) is 6.04 Å². The van der Waals surface area contributed by atoms with Crippen LogP contribution in [0.25, 0.3) is 0 Å². The van der Waals surface area contributed by atoms with E-state index in [2.05, 4.69) is 35.6 Å². The van der Waals surface area contributed by atoms with Crippen molar-refractivity contribution in [2.24, 2.45) is 0 Å². The van der Waals surface area contributed by atoms with Crippen LogP contribution in [0.5, 0.6) is 5.75 Å². The van der Waals surface area contributed by atoms with Gasteiger partial charge in [0.25, 0.3) is 5.91 Å². The molecule has 3 nitrogen and oxygen atoms in total. The first-order chi connectivity index (χ1) is 11.3. The van der Waals surface area contributed by atoms with Crippen molar-refractivity contribution in [3.8, 4) is 5.75 Å². The summed E-state index contributed by atoms with van der Waals surface area (Å²) in [6, 6.07) is 18.3. The lowest BCUT2D eigenvalue weighted by molar-refractivity contribution is 0.0922. The van der Waals surface area contributed by atoms with E-state index in [1.165, 1.54) is 5.56 Å². The number of benzene rings is 2. The third-order valence-corrected chi connectivity index (χ3v) is 4.68. The van der Waals surface area contributed by atoms with Gasteiger partial charge in [0.15, 0.2) is 0 Å². The van der Waals surface area contributed by atoms with E-state index in [1.807, 2.05) is 24.3 Å². The van der Waals surface area contributed by atoms with E-state index in [1.54, 1.807) is 7.11 Å². The van der Waals surface area contributed by atoms with Crippen LogP contribution in [-0.2, 0) is 0 Å². The zero-order valence-electron chi connectivity index (χ0n) is 13.5. The maximum atomic E-state index is 12.5. The minimum absolute atomic E-state index is 0.0365. The molecule has 0 heterocycles. The number of rotatable bonds is 4. The van der Waals surface area contributed by atoms with Gasteiger partial charge in [-0.15, -0.1) is 0 Å². The highest BCUT2D eigenvalue weighted by Gasteiger charge is 2.24. The molecule has 120 valence electrons. The summed E-state index contributed by atoms with van der Waals surface area (Å²) in [5.41, 5.74) is 2.03. The first kappa shape index (κ1) is 15.6. The number of methoxy groups -OCH3 is 1. The predicted molar refractivity (Wildman–Crippen MR) is 91.9 cm³/mol. The summed E-state index contributed by atoms with van der Waals surface area (Å²) < 4.78 is 5.27. The quantitative estimate of drug-likeness (QED) is 0.921. The molecule has 0 aromatic heterocycles. The van der Waals surface area contributed by atoms with Crippen LogP contribution in [-0.4, -0.2) is 19.1 Å². The van der Waals surface area contributed by atoms with Crippen molar-refractivity contribution >= 4 is 5.91 Å². The van der Waals surface area contributed by atoms with E-state index in [0.717, 1.165) is 25.7 Å². The fourth-order valence-electron chi connectivity index (χ4n) is 3.39. The molecule has 0 bridgehead atoms. The Bertz CT molecular complexity index is 646. The monoisotopic (exact) mass is 309 g/mol. The molecule has 0 radical (unpaired) electrons. The minimum atomic E-state index is -0.0365. The summed E-state index contributed by atoms with van der Waals surface area (Å²) in [6.45, 7) is 0. The standard InChI is InChI=1S/C20H23NO2/c1-23-19-10-6-5-9-18(19)20(22)21-17-13-11-16(12-14-17)15-7-3-2-4-8-15/h2-10,16-17H,11-14H2,1H3,(H,21,22). The molecule has 2 aromatic carbocycles. The van der Waals surface area contributed by atoms with E-state index >= 15 is 0 Å². The number of hydrogen-bond donors (Lipinski definition) is 1. The molecular weight excluding hydrogens is 286 g/mol. The van der Waals surface area contributed by atoms with Gasteiger partial charge in [0.05, 0.1) is 12.7 Å². The number of nitrogens with one attached hydrogen (secondary N) is 1. The molecule has 1 amide bonds. The average molecular weight is 309 g/mol. The van der Waals surface area contributed by atoms with Crippen LogP contribution in [0.2, 0.25) is 0 Å². The molecule has 1 aliphatic rings. The lowest BCUT2D eigenvalue weighted by atomic mass is 9.82. The normalized spacial score (nSPS) is 20.7. The van der Waals surface area contributed by atoms with Gasteiger partial charge in [-0.2, -0.15) is 0 Å². The summed E-state index contributed by atoms with van der Waals surface area (Å²) in [7, 11) is 1.59. The van der Waals surface area contributed by atoms with Crippen molar-refractivity contribution in [1.82, 2.24) is 5.32 Å². The minimum Gasteiger partial charge on any atom is -0.496 e. The Kier molecular flexibility index (Phi) is 4.96. The van der Waals surface area contributed by atoms with Gasteiger partial charge in [0.1, 0.15) is 5.75 Å². The number of carbonyl (C=O) groups is 1. The van der Waals surface area contributed by atoms with Crippen molar-refractivity contribution in [2.45, 2.75) is 37.6 Å². The van der Waals surface area contributed by atoms with Crippen LogP contribution in [0, 0.1) is 0 Å². The van der Waals surface area contributed by atoms with Crippen molar-refractivity contribution in [3.63, 3.8) is 0 Å². The van der Waals surface area contributed by atoms with Crippen molar-refractivity contribution in [3.05, 3.63) is 65.7 Å². The summed E-state index contributed by atoms with van der Waals surface area (Å²) in [4.78, 5) is 12.5. The van der Waals surface area contributed by atoms with Gasteiger partial charge in [0.2, 0.25) is 0 Å². The molecular formula is C20H23NO2. The summed E-state index contributed by atoms with van der Waals surface area (Å²) in [5, 5.41) is 3.16. The van der Waals surface area contributed by atoms with E-state index in [9.17, 15) is 4.79 Å². The topological polar surface area (TPSA) is 38.3 Å². The fraction of sp³-hybridized carbons (Fsp3) is 0.350. The Morgan fingerprint density at radius 1 is 0.957 bits per heavy atom. The third-order valence-electron chi connectivity index (χ3n) is 4.68. The second-order valence-corrected chi connectivity index (χ2v) is 6.13. The maximum absolute atomic E-state index is 12.5. The Morgan fingerprint density at radius 3 is 2.30 bits per heavy atom. The van der Waals surface area contributed by atoms with Crippen molar-refractivity contribution in [1.29, 1.82) is 0 Å². The fourth-order valence-corrected chi connectivity index (χ4v) is 3.39. The molecule has 2 aromatic rings. The molecule has 0 saturated heterocycles. The Hall–Kier alpha value is -2.29. The molecule has 3 heteroatoms. The number of ether oxygens (including phenoxy) is 1. The highest BCUT2D eigenvalue weighted by atomic mass is 16.5. The molecule has 0 atom stereocenters. The van der Waals surface area contributed by atoms with Gasteiger partial charge >= 0.3 is 0 Å². The van der Waals surface area contributed by atoms with Crippen molar-refractivity contribution < 1.29 is 9.53 Å². The summed E-state index contributed by atoms with van der Waals surface area (Å²) in [6.07, 6.45) is 4.31. The zero-order chi connectivity index (χ0) is 16.1. The predicted octanol–water partition coefficient (Wildman–Crippen LogP) is 4.15. The van der Waals surface area contributed by atoms with Gasteiger partial charge < -0.3 is 10.1 Å². The second-order valence-electron chi connectivity index (χ2n) is 6.13. The number of para-hydroxylation sites is 1. The largest absolute Gasteiger partial charge is 0.496 e. The van der Waals surface area contributed by atoms with Crippen LogP contribution >= 0.6 is 0 Å². The molecule has 3 rings (SSSR count). The smallest absolute Gasteiger partial charge is 0.255 e. The zero-order valence-corrected chi connectivity index (χ0v) is 13.5. The van der Waals surface area contributed by atoms with Crippen LogP contribution < -0.4 is 10.1 Å². The summed E-state index contributed by atoms with van der Waals surface area (Å²) in [5.74, 6) is 1.21. The molecule has 1 aliphatic carbocycles. The number of hydrogen-bond acceptors (Lipinski definition) is 2. The van der Waals surface area contributed by atoms with Gasteiger partial charge in [-0.1, -0.05) is 42.5 Å². The molecule has 0 spiro atoms. The average Bonchev–Trinajstić information content (AvgIpc) is 2.63. The lowest BCUT2D eigenvalue weighted by Crippen LogP contribution is -2.37. The van der Waals surface area contributed by atoms with Crippen LogP contribution in [0.1, 0.15) is 47.5 Å². The van der Waals surface area contributed by atoms with Crippen LogP contribution in [0.3, 0.4) is 0 Å². The van der Waals surface area contributed by atoms with E-state index in [4.69, 9.17) is 4.74 Å². The molecule has 1 saturated carbocycles. The SMILES string of the molecule is COc1ccccc1C(=O)NC1CCC(c2ccccc2)CC1. The van der Waals surface area contributed by atoms with E-state index in [0.29, 0.717) is 17.2 Å². The van der Waals surface area contributed by atoms with Gasteiger partial charge in [-0.05, 0) is 49.3 Å². The highest BCUT2D eigenvalue weighted by molar-refractivity contribution is 5.97. The van der Waals surface area contributed by atoms with Crippen LogP contribution in [0.4, 0.5) is 0 Å². The van der Waals surface area contributed by atoms with E-state index in [-0.39, 0.29) is 11.9 Å². The Labute approximate surface area is 137 Å². The third kappa shape index (κ3) is 3.73. The lowest BCUT2D eigenvalue weighted by Gasteiger charge is -2.29. The molecule has 1 N–H and O–H groups in total.